The molecule has 1 aromatic carbocycles. The van der Waals surface area contributed by atoms with E-state index in [4.69, 9.17) is 9.47 Å². The lowest BCUT2D eigenvalue weighted by Crippen LogP contribution is -2.43. The van der Waals surface area contributed by atoms with Gasteiger partial charge in [-0.3, -0.25) is 14.7 Å². The van der Waals surface area contributed by atoms with Crippen LogP contribution < -0.4 is 9.47 Å². The number of aromatic nitrogens is 1. The second-order valence-electron chi connectivity index (χ2n) is 6.46. The summed E-state index contributed by atoms with van der Waals surface area (Å²) in [4.78, 5) is 17.6. The Morgan fingerprint density at radius 2 is 2.15 bits per heavy atom. The predicted octanol–water partition coefficient (Wildman–Crippen LogP) is 3.11. The Morgan fingerprint density at radius 3 is 2.88 bits per heavy atom. The number of likely N-dealkylation sites (tertiary alicyclic amines) is 1. The summed E-state index contributed by atoms with van der Waals surface area (Å²) < 4.78 is 11.3. The van der Waals surface area contributed by atoms with Crippen molar-refractivity contribution in [1.82, 2.24) is 9.88 Å². The van der Waals surface area contributed by atoms with Crippen LogP contribution in [0.2, 0.25) is 0 Å². The number of rotatable bonds is 7. The van der Waals surface area contributed by atoms with Crippen LogP contribution in [0.25, 0.3) is 0 Å². The number of aliphatic carboxylic acids is 1. The topological polar surface area (TPSA) is 71.9 Å². The molecule has 6 nitrogen and oxygen atoms in total. The van der Waals surface area contributed by atoms with Crippen molar-refractivity contribution in [3.8, 4) is 11.5 Å². The minimum Gasteiger partial charge on any atom is -0.493 e. The third-order valence-corrected chi connectivity index (χ3v) is 4.63. The predicted molar refractivity (Wildman–Crippen MR) is 97.2 cm³/mol. The minimum atomic E-state index is -0.744. The van der Waals surface area contributed by atoms with Crippen LogP contribution in [0, 0.1) is 0 Å². The lowest BCUT2D eigenvalue weighted by molar-refractivity contribution is -0.144. The molecule has 0 radical (unpaired) electrons. The van der Waals surface area contributed by atoms with Crippen LogP contribution in [0.3, 0.4) is 0 Å². The Labute approximate surface area is 153 Å². The van der Waals surface area contributed by atoms with Gasteiger partial charge in [-0.1, -0.05) is 18.6 Å². The fourth-order valence-electron chi connectivity index (χ4n) is 3.27. The molecule has 1 saturated heterocycles. The highest BCUT2D eigenvalue weighted by atomic mass is 16.5. The average molecular weight is 356 g/mol. The van der Waals surface area contributed by atoms with E-state index in [0.29, 0.717) is 31.1 Å². The summed E-state index contributed by atoms with van der Waals surface area (Å²) in [6, 6.07) is 9.17. The molecule has 0 bridgehead atoms. The van der Waals surface area contributed by atoms with E-state index in [2.05, 4.69) is 4.98 Å². The van der Waals surface area contributed by atoms with Crippen molar-refractivity contribution >= 4 is 5.97 Å². The van der Waals surface area contributed by atoms with E-state index in [9.17, 15) is 9.90 Å². The fraction of sp³-hybridized carbons (Fsp3) is 0.400. The zero-order valence-corrected chi connectivity index (χ0v) is 14.9. The molecule has 1 N–H and O–H groups in total. The number of hydrogen-bond acceptors (Lipinski definition) is 5. The fourth-order valence-corrected chi connectivity index (χ4v) is 3.27. The lowest BCUT2D eigenvalue weighted by Gasteiger charge is -2.32. The van der Waals surface area contributed by atoms with Gasteiger partial charge in [0.15, 0.2) is 11.5 Å². The van der Waals surface area contributed by atoms with E-state index >= 15 is 0 Å². The van der Waals surface area contributed by atoms with Crippen LogP contribution in [0.1, 0.15) is 30.4 Å². The molecule has 2 aromatic rings. The summed E-state index contributed by atoms with van der Waals surface area (Å²) in [6.07, 6.45) is 6.19. The Kier molecular flexibility index (Phi) is 6.07. The maximum absolute atomic E-state index is 11.5. The number of carbonyl (C=O) groups is 1. The van der Waals surface area contributed by atoms with Gasteiger partial charge in [0, 0.05) is 24.5 Å². The first-order chi connectivity index (χ1) is 12.7. The average Bonchev–Trinajstić information content (AvgIpc) is 2.67. The summed E-state index contributed by atoms with van der Waals surface area (Å²) >= 11 is 0. The summed E-state index contributed by atoms with van der Waals surface area (Å²) in [5.74, 6) is 0.565. The first-order valence-electron chi connectivity index (χ1n) is 8.83. The minimum absolute atomic E-state index is 0.398. The van der Waals surface area contributed by atoms with Gasteiger partial charge in [-0.05, 0) is 43.1 Å². The second-order valence-corrected chi connectivity index (χ2v) is 6.46. The summed E-state index contributed by atoms with van der Waals surface area (Å²) in [5, 5.41) is 9.44. The summed E-state index contributed by atoms with van der Waals surface area (Å²) in [5.41, 5.74) is 1.99. The number of hydrogen-bond donors (Lipinski definition) is 1. The first kappa shape index (κ1) is 18.2. The molecule has 1 aromatic heterocycles. The van der Waals surface area contributed by atoms with Crippen molar-refractivity contribution in [2.24, 2.45) is 0 Å². The van der Waals surface area contributed by atoms with Gasteiger partial charge in [0.1, 0.15) is 12.6 Å². The zero-order valence-electron chi connectivity index (χ0n) is 14.9. The van der Waals surface area contributed by atoms with Crippen molar-refractivity contribution in [2.45, 2.75) is 38.5 Å². The van der Waals surface area contributed by atoms with Gasteiger partial charge in [0.25, 0.3) is 0 Å². The third-order valence-electron chi connectivity index (χ3n) is 4.63. The van der Waals surface area contributed by atoms with Gasteiger partial charge >= 0.3 is 5.97 Å². The van der Waals surface area contributed by atoms with E-state index in [1.54, 1.807) is 19.5 Å². The molecule has 0 aliphatic carbocycles. The van der Waals surface area contributed by atoms with Crippen molar-refractivity contribution in [3.63, 3.8) is 0 Å². The molecule has 1 unspecified atom stereocenters. The molecular weight excluding hydrogens is 332 g/mol. The van der Waals surface area contributed by atoms with E-state index < -0.39 is 12.0 Å². The van der Waals surface area contributed by atoms with Gasteiger partial charge in [0.05, 0.1) is 7.11 Å². The zero-order chi connectivity index (χ0) is 18.4. The summed E-state index contributed by atoms with van der Waals surface area (Å²) in [6.45, 7) is 1.79. The van der Waals surface area contributed by atoms with Crippen molar-refractivity contribution in [2.75, 3.05) is 13.7 Å². The van der Waals surface area contributed by atoms with Crippen LogP contribution in [0.15, 0.2) is 42.7 Å². The SMILES string of the molecule is COc1ccc(CN2CCCCC2C(=O)O)cc1OCc1cccnc1. The molecule has 0 amide bonds. The van der Waals surface area contributed by atoms with Gasteiger partial charge < -0.3 is 14.6 Å². The number of carboxylic acid groups (broad SMARTS) is 1. The quantitative estimate of drug-likeness (QED) is 0.822. The molecule has 3 rings (SSSR count). The lowest BCUT2D eigenvalue weighted by atomic mass is 10.0. The van der Waals surface area contributed by atoms with E-state index in [-0.39, 0.29) is 0 Å². The Bertz CT molecular complexity index is 736. The summed E-state index contributed by atoms with van der Waals surface area (Å²) in [7, 11) is 1.61. The molecule has 26 heavy (non-hydrogen) atoms. The van der Waals surface area contributed by atoms with E-state index in [1.807, 2.05) is 35.2 Å². The molecule has 1 fully saturated rings. The van der Waals surface area contributed by atoms with Crippen LogP contribution in [0.4, 0.5) is 0 Å². The molecule has 1 aliphatic heterocycles. The standard InChI is InChI=1S/C20H24N2O4/c1-25-18-8-7-15(13-22-10-3-2-6-17(22)20(23)24)11-19(18)26-14-16-5-4-9-21-12-16/h4-5,7-9,11-12,17H,2-3,6,10,13-14H2,1H3,(H,23,24). The number of benzene rings is 1. The number of pyridine rings is 1. The van der Waals surface area contributed by atoms with Crippen molar-refractivity contribution < 1.29 is 19.4 Å². The highest BCUT2D eigenvalue weighted by Gasteiger charge is 2.28. The normalized spacial score (nSPS) is 17.7. The number of carboxylic acids is 1. The van der Waals surface area contributed by atoms with Gasteiger partial charge in [0.2, 0.25) is 0 Å². The first-order valence-corrected chi connectivity index (χ1v) is 8.83. The molecule has 2 heterocycles. The maximum atomic E-state index is 11.5. The van der Waals surface area contributed by atoms with Crippen LogP contribution in [-0.4, -0.2) is 40.7 Å². The third kappa shape index (κ3) is 4.52. The largest absolute Gasteiger partial charge is 0.493 e. The van der Waals surface area contributed by atoms with Crippen LogP contribution in [-0.2, 0) is 17.9 Å². The smallest absolute Gasteiger partial charge is 0.320 e. The van der Waals surface area contributed by atoms with Gasteiger partial charge in [-0.15, -0.1) is 0 Å². The second kappa shape index (κ2) is 8.67. The van der Waals surface area contributed by atoms with E-state index in [1.165, 1.54) is 0 Å². The Balaban J connectivity index is 1.73. The molecular formula is C20H24N2O4. The molecule has 6 heteroatoms. The van der Waals surface area contributed by atoms with Gasteiger partial charge in [-0.2, -0.15) is 0 Å². The highest BCUT2D eigenvalue weighted by Crippen LogP contribution is 2.30. The number of methoxy groups -OCH3 is 1. The molecule has 0 spiro atoms. The van der Waals surface area contributed by atoms with Crippen molar-refractivity contribution in [1.29, 1.82) is 0 Å². The van der Waals surface area contributed by atoms with Gasteiger partial charge in [-0.25, -0.2) is 0 Å². The number of nitrogens with zero attached hydrogens (tertiary/aromatic N) is 2. The number of ether oxygens (including phenoxy) is 2. The monoisotopic (exact) mass is 356 g/mol. The molecule has 138 valence electrons. The molecule has 1 aliphatic rings. The number of piperidine rings is 1. The molecule has 1 atom stereocenters. The molecule has 0 saturated carbocycles. The van der Waals surface area contributed by atoms with Crippen LogP contribution >= 0.6 is 0 Å². The van der Waals surface area contributed by atoms with E-state index in [0.717, 1.165) is 30.5 Å². The van der Waals surface area contributed by atoms with Crippen molar-refractivity contribution in [3.05, 3.63) is 53.9 Å². The Hall–Kier alpha value is -2.60. The maximum Gasteiger partial charge on any atom is 0.320 e. The van der Waals surface area contributed by atoms with Crippen LogP contribution in [0.5, 0.6) is 11.5 Å². The Morgan fingerprint density at radius 1 is 1.27 bits per heavy atom. The highest BCUT2D eigenvalue weighted by molar-refractivity contribution is 5.73.